The Kier molecular flexibility index (Phi) is 5.35. The number of rotatable bonds is 7. The van der Waals surface area contributed by atoms with E-state index < -0.39 is 11.6 Å². The number of methoxy groups -OCH3 is 1. The van der Waals surface area contributed by atoms with Gasteiger partial charge in [0.2, 0.25) is 0 Å². The van der Waals surface area contributed by atoms with Gasteiger partial charge in [-0.3, -0.25) is 5.10 Å². The van der Waals surface area contributed by atoms with E-state index in [2.05, 4.69) is 20.7 Å². The number of hydrogen-bond donors (Lipinski definition) is 2. The van der Waals surface area contributed by atoms with Gasteiger partial charge in [0.25, 0.3) is 0 Å². The summed E-state index contributed by atoms with van der Waals surface area (Å²) < 4.78 is 37.4. The van der Waals surface area contributed by atoms with Gasteiger partial charge in [0.15, 0.2) is 5.76 Å². The smallest absolute Gasteiger partial charge is 0.170 e. The van der Waals surface area contributed by atoms with Gasteiger partial charge in [0, 0.05) is 36.3 Å². The van der Waals surface area contributed by atoms with Crippen molar-refractivity contribution in [2.45, 2.75) is 13.1 Å². The van der Waals surface area contributed by atoms with E-state index in [1.54, 1.807) is 19.4 Å². The molecule has 148 valence electrons. The molecule has 0 fully saturated rings. The molecule has 8 heteroatoms. The Hall–Kier alpha value is -3.52. The average Bonchev–Trinajstić information content (AvgIpc) is 3.38. The highest BCUT2D eigenvalue weighted by atomic mass is 19.1. The summed E-state index contributed by atoms with van der Waals surface area (Å²) in [6, 6.07) is 12.6. The normalized spacial score (nSPS) is 11.0. The largest absolute Gasteiger partial charge is 0.497 e. The van der Waals surface area contributed by atoms with Gasteiger partial charge in [-0.2, -0.15) is 5.10 Å². The zero-order valence-electron chi connectivity index (χ0n) is 15.6. The third-order valence-electron chi connectivity index (χ3n) is 4.45. The van der Waals surface area contributed by atoms with Crippen LogP contribution in [0, 0.1) is 11.6 Å². The summed E-state index contributed by atoms with van der Waals surface area (Å²) in [6.07, 6.45) is 1.75. The second-order valence-corrected chi connectivity index (χ2v) is 6.41. The first-order chi connectivity index (χ1) is 14.1. The Morgan fingerprint density at radius 2 is 2.00 bits per heavy atom. The Morgan fingerprint density at radius 3 is 2.83 bits per heavy atom. The van der Waals surface area contributed by atoms with Gasteiger partial charge < -0.3 is 14.6 Å². The predicted octanol–water partition coefficient (Wildman–Crippen LogP) is 4.31. The number of nitrogens with zero attached hydrogens (tertiary/aromatic N) is 2. The minimum atomic E-state index is -0.693. The maximum atomic E-state index is 13.9. The van der Waals surface area contributed by atoms with Crippen LogP contribution in [0.1, 0.15) is 11.3 Å². The molecule has 4 rings (SSSR count). The van der Waals surface area contributed by atoms with Gasteiger partial charge in [0.1, 0.15) is 17.4 Å². The lowest BCUT2D eigenvalue weighted by molar-refractivity contribution is 0.415. The maximum Gasteiger partial charge on any atom is 0.170 e. The van der Waals surface area contributed by atoms with Crippen LogP contribution in [0.3, 0.4) is 0 Å². The fourth-order valence-electron chi connectivity index (χ4n) is 3.01. The highest BCUT2D eigenvalue weighted by Crippen LogP contribution is 2.26. The number of hydrogen-bond acceptors (Lipinski definition) is 5. The van der Waals surface area contributed by atoms with Crippen molar-refractivity contribution >= 4 is 0 Å². The molecular formula is C21H18F2N4O2. The minimum absolute atomic E-state index is 0.167. The third-order valence-corrected chi connectivity index (χ3v) is 4.45. The van der Waals surface area contributed by atoms with E-state index in [-0.39, 0.29) is 11.3 Å². The van der Waals surface area contributed by atoms with Gasteiger partial charge >= 0.3 is 0 Å². The fraction of sp³-hybridized carbons (Fsp3) is 0.143. The second-order valence-electron chi connectivity index (χ2n) is 6.41. The van der Waals surface area contributed by atoms with E-state index in [0.29, 0.717) is 18.8 Å². The number of H-pyrrole nitrogens is 1. The number of ether oxygens (including phenoxy) is 1. The summed E-state index contributed by atoms with van der Waals surface area (Å²) in [4.78, 5) is 0. The van der Waals surface area contributed by atoms with Crippen molar-refractivity contribution in [2.75, 3.05) is 7.11 Å². The summed E-state index contributed by atoms with van der Waals surface area (Å²) in [5, 5.41) is 14.3. The number of aromatic nitrogens is 3. The summed E-state index contributed by atoms with van der Waals surface area (Å²) in [7, 11) is 1.62. The molecule has 2 heterocycles. The fourth-order valence-corrected chi connectivity index (χ4v) is 3.01. The van der Waals surface area contributed by atoms with E-state index in [9.17, 15) is 8.78 Å². The molecule has 0 radical (unpaired) electrons. The highest BCUT2D eigenvalue weighted by Gasteiger charge is 2.13. The van der Waals surface area contributed by atoms with Gasteiger partial charge in [0.05, 0.1) is 30.3 Å². The van der Waals surface area contributed by atoms with E-state index in [1.807, 2.05) is 24.3 Å². The van der Waals surface area contributed by atoms with E-state index in [4.69, 9.17) is 9.26 Å². The molecule has 29 heavy (non-hydrogen) atoms. The van der Waals surface area contributed by atoms with Gasteiger partial charge in [-0.1, -0.05) is 17.3 Å². The quantitative estimate of drug-likeness (QED) is 0.487. The summed E-state index contributed by atoms with van der Waals surface area (Å²) >= 11 is 0. The van der Waals surface area contributed by atoms with E-state index >= 15 is 0 Å². The molecule has 0 spiro atoms. The predicted molar refractivity (Wildman–Crippen MR) is 103 cm³/mol. The van der Waals surface area contributed by atoms with E-state index in [0.717, 1.165) is 28.6 Å². The Balaban J connectivity index is 1.42. The molecule has 0 aliphatic heterocycles. The molecule has 6 nitrogen and oxygen atoms in total. The monoisotopic (exact) mass is 396 g/mol. The Morgan fingerprint density at radius 1 is 1.10 bits per heavy atom. The minimum Gasteiger partial charge on any atom is -0.497 e. The van der Waals surface area contributed by atoms with Crippen molar-refractivity contribution in [2.24, 2.45) is 0 Å². The number of nitrogens with one attached hydrogen (secondary N) is 2. The molecule has 0 aliphatic carbocycles. The van der Waals surface area contributed by atoms with Crippen LogP contribution in [0.25, 0.3) is 22.6 Å². The lowest BCUT2D eigenvalue weighted by atomic mass is 10.1. The SMILES string of the molecule is COc1cccc(-c2[nH]ncc2CNCc2cc(-c3ccc(F)cc3F)on2)c1. The van der Waals surface area contributed by atoms with Gasteiger partial charge in [-0.25, -0.2) is 8.78 Å². The van der Waals surface area contributed by atoms with E-state index in [1.165, 1.54) is 12.1 Å². The van der Waals surface area contributed by atoms with Crippen molar-refractivity contribution in [1.29, 1.82) is 0 Å². The molecule has 0 unspecified atom stereocenters. The van der Waals surface area contributed by atoms with Crippen molar-refractivity contribution in [3.8, 4) is 28.3 Å². The van der Waals surface area contributed by atoms with Gasteiger partial charge in [-0.15, -0.1) is 0 Å². The third kappa shape index (κ3) is 4.17. The molecule has 0 aliphatic rings. The van der Waals surface area contributed by atoms with Crippen LogP contribution in [0.4, 0.5) is 8.78 Å². The molecule has 2 aromatic heterocycles. The number of benzene rings is 2. The lowest BCUT2D eigenvalue weighted by Gasteiger charge is -2.06. The van der Waals surface area contributed by atoms with Crippen LogP contribution in [-0.2, 0) is 13.1 Å². The lowest BCUT2D eigenvalue weighted by Crippen LogP contribution is -2.13. The molecule has 0 saturated carbocycles. The van der Waals surface area contributed by atoms with Crippen LogP contribution in [0.2, 0.25) is 0 Å². The standard InChI is InChI=1S/C21H18F2N4O2/c1-28-17-4-2-3-13(7-17)21-14(11-25-26-21)10-24-12-16-9-20(29-27-16)18-6-5-15(22)8-19(18)23/h2-9,11,24H,10,12H2,1H3,(H,25,26). The van der Waals surface area contributed by atoms with Gasteiger partial charge in [-0.05, 0) is 24.3 Å². The first-order valence-corrected chi connectivity index (χ1v) is 8.92. The number of aromatic amines is 1. The van der Waals surface area contributed by atoms with Crippen molar-refractivity contribution < 1.29 is 18.0 Å². The summed E-state index contributed by atoms with van der Waals surface area (Å²) in [5.74, 6) is -0.319. The molecule has 0 saturated heterocycles. The number of halogens is 2. The molecule has 2 aromatic carbocycles. The van der Waals surface area contributed by atoms with Crippen LogP contribution < -0.4 is 10.1 Å². The molecule has 0 bridgehead atoms. The molecule has 2 N–H and O–H groups in total. The van der Waals surface area contributed by atoms with Crippen LogP contribution in [0.15, 0.2) is 59.3 Å². The Bertz CT molecular complexity index is 1120. The molecular weight excluding hydrogens is 378 g/mol. The van der Waals surface area contributed by atoms with Crippen molar-refractivity contribution in [3.63, 3.8) is 0 Å². The van der Waals surface area contributed by atoms with Crippen LogP contribution >= 0.6 is 0 Å². The first kappa shape index (κ1) is 18.8. The maximum absolute atomic E-state index is 13.9. The summed E-state index contributed by atoms with van der Waals surface area (Å²) in [6.45, 7) is 0.950. The average molecular weight is 396 g/mol. The topological polar surface area (TPSA) is 76.0 Å². The summed E-state index contributed by atoms with van der Waals surface area (Å²) in [5.41, 5.74) is 3.61. The second kappa shape index (κ2) is 8.24. The highest BCUT2D eigenvalue weighted by molar-refractivity contribution is 5.64. The van der Waals surface area contributed by atoms with Crippen LogP contribution in [-0.4, -0.2) is 22.5 Å². The zero-order valence-corrected chi connectivity index (χ0v) is 15.6. The van der Waals surface area contributed by atoms with Crippen LogP contribution in [0.5, 0.6) is 5.75 Å². The molecule has 0 atom stereocenters. The first-order valence-electron chi connectivity index (χ1n) is 8.92. The van der Waals surface area contributed by atoms with Crippen molar-refractivity contribution in [1.82, 2.24) is 20.7 Å². The molecule has 4 aromatic rings. The Labute approximate surface area is 165 Å². The molecule has 0 amide bonds. The zero-order chi connectivity index (χ0) is 20.2. The van der Waals surface area contributed by atoms with Crippen molar-refractivity contribution in [3.05, 3.63) is 77.6 Å².